The summed E-state index contributed by atoms with van der Waals surface area (Å²) in [5.41, 5.74) is 4.04. The van der Waals surface area contributed by atoms with E-state index in [0.29, 0.717) is 6.04 Å². The third-order valence-electron chi connectivity index (χ3n) is 6.14. The number of nitrogens with zero attached hydrogens (tertiary/aromatic N) is 5. The highest BCUT2D eigenvalue weighted by atomic mass is 35.5. The van der Waals surface area contributed by atoms with E-state index in [1.807, 2.05) is 12.1 Å². The molecular weight excluding hydrogens is 370 g/mol. The van der Waals surface area contributed by atoms with Crippen molar-refractivity contribution in [2.24, 2.45) is 0 Å². The summed E-state index contributed by atoms with van der Waals surface area (Å²) in [6.45, 7) is 1.89. The Kier molecular flexibility index (Phi) is 4.87. The summed E-state index contributed by atoms with van der Waals surface area (Å²) in [5.74, 6) is 0.952. The van der Waals surface area contributed by atoms with Crippen LogP contribution in [0.3, 0.4) is 0 Å². The van der Waals surface area contributed by atoms with E-state index in [0.717, 1.165) is 43.2 Å². The van der Waals surface area contributed by atoms with Crippen molar-refractivity contribution in [1.82, 2.24) is 25.1 Å². The number of benzene rings is 2. The summed E-state index contributed by atoms with van der Waals surface area (Å²) in [6.07, 6.45) is 5.88. The highest BCUT2D eigenvalue weighted by Gasteiger charge is 2.32. The second-order valence-electron chi connectivity index (χ2n) is 7.86. The minimum Gasteiger partial charge on any atom is -0.285 e. The van der Waals surface area contributed by atoms with Gasteiger partial charge in [-0.25, -0.2) is 4.68 Å². The Balaban J connectivity index is 1.55. The fourth-order valence-electron chi connectivity index (χ4n) is 4.70. The van der Waals surface area contributed by atoms with Crippen LogP contribution >= 0.6 is 11.6 Å². The number of rotatable bonds is 4. The lowest BCUT2D eigenvalue weighted by molar-refractivity contribution is 0.191. The summed E-state index contributed by atoms with van der Waals surface area (Å²) in [4.78, 5) is 2.50. The van der Waals surface area contributed by atoms with Crippen molar-refractivity contribution in [2.45, 2.75) is 50.7 Å². The zero-order valence-corrected chi connectivity index (χ0v) is 16.6. The maximum Gasteiger partial charge on any atom is 0.173 e. The molecule has 5 nitrogen and oxygen atoms in total. The van der Waals surface area contributed by atoms with Crippen LogP contribution in [0.1, 0.15) is 60.3 Å². The molecule has 1 unspecified atom stereocenters. The predicted molar refractivity (Wildman–Crippen MR) is 109 cm³/mol. The van der Waals surface area contributed by atoms with E-state index in [1.165, 1.54) is 29.5 Å². The molecule has 2 heterocycles. The first-order valence-corrected chi connectivity index (χ1v) is 10.5. The van der Waals surface area contributed by atoms with Gasteiger partial charge in [0.2, 0.25) is 0 Å². The standard InChI is InChI=1S/C22H24ClN5/c23-19-11-9-17(10-12-19)21(22-24-25-26-28(22)20-7-3-4-8-20)27-14-13-16-5-1-2-6-18(16)15-27/h1-2,5-6,9-12,20-21H,3-4,7-8,13-15H2. The van der Waals surface area contributed by atoms with E-state index in [1.54, 1.807) is 0 Å². The Hall–Kier alpha value is -2.24. The molecule has 0 N–H and O–H groups in total. The van der Waals surface area contributed by atoms with Crippen molar-refractivity contribution in [2.75, 3.05) is 6.54 Å². The highest BCUT2D eigenvalue weighted by Crippen LogP contribution is 2.36. The first-order chi connectivity index (χ1) is 13.8. The molecule has 0 amide bonds. The van der Waals surface area contributed by atoms with Gasteiger partial charge in [-0.2, -0.15) is 0 Å². The third kappa shape index (κ3) is 3.33. The van der Waals surface area contributed by atoms with Crippen molar-refractivity contribution >= 4 is 11.6 Å². The van der Waals surface area contributed by atoms with Crippen molar-refractivity contribution in [3.05, 3.63) is 76.1 Å². The Morgan fingerprint density at radius 1 is 0.964 bits per heavy atom. The van der Waals surface area contributed by atoms with E-state index < -0.39 is 0 Å². The van der Waals surface area contributed by atoms with Crippen LogP contribution in [0.5, 0.6) is 0 Å². The van der Waals surface area contributed by atoms with Crippen LogP contribution in [-0.4, -0.2) is 31.7 Å². The molecule has 1 saturated carbocycles. The molecule has 0 radical (unpaired) electrons. The quantitative estimate of drug-likeness (QED) is 0.650. The van der Waals surface area contributed by atoms with Crippen LogP contribution < -0.4 is 0 Å². The lowest BCUT2D eigenvalue weighted by Gasteiger charge is -2.35. The fraction of sp³-hybridized carbons (Fsp3) is 0.409. The molecule has 5 rings (SSSR count). The molecular formula is C22H24ClN5. The Bertz CT molecular complexity index is 946. The van der Waals surface area contributed by atoms with E-state index in [4.69, 9.17) is 11.6 Å². The van der Waals surface area contributed by atoms with Gasteiger partial charge < -0.3 is 0 Å². The largest absolute Gasteiger partial charge is 0.285 e. The van der Waals surface area contributed by atoms with Crippen LogP contribution in [0, 0.1) is 0 Å². The van der Waals surface area contributed by atoms with Gasteiger partial charge in [-0.1, -0.05) is 60.8 Å². The number of aromatic nitrogens is 4. The summed E-state index contributed by atoms with van der Waals surface area (Å²) in [7, 11) is 0. The first-order valence-electron chi connectivity index (χ1n) is 10.1. The molecule has 1 fully saturated rings. The normalized spacial score (nSPS) is 18.9. The number of hydrogen-bond acceptors (Lipinski definition) is 4. The topological polar surface area (TPSA) is 46.8 Å². The summed E-state index contributed by atoms with van der Waals surface area (Å²) < 4.78 is 2.09. The van der Waals surface area contributed by atoms with Gasteiger partial charge in [-0.05, 0) is 58.5 Å². The third-order valence-corrected chi connectivity index (χ3v) is 6.40. The molecule has 2 aliphatic rings. The maximum atomic E-state index is 6.17. The summed E-state index contributed by atoms with van der Waals surface area (Å²) in [5, 5.41) is 13.8. The van der Waals surface area contributed by atoms with E-state index in [-0.39, 0.29) is 6.04 Å². The molecule has 1 aliphatic carbocycles. The molecule has 144 valence electrons. The summed E-state index contributed by atoms with van der Waals surface area (Å²) >= 11 is 6.17. The van der Waals surface area contributed by atoms with Crippen molar-refractivity contribution < 1.29 is 0 Å². The Morgan fingerprint density at radius 3 is 2.50 bits per heavy atom. The van der Waals surface area contributed by atoms with Gasteiger partial charge in [0.25, 0.3) is 0 Å². The van der Waals surface area contributed by atoms with Gasteiger partial charge in [0.15, 0.2) is 5.82 Å². The Labute approximate surface area is 170 Å². The van der Waals surface area contributed by atoms with E-state index in [9.17, 15) is 0 Å². The zero-order valence-electron chi connectivity index (χ0n) is 15.8. The predicted octanol–water partition coefficient (Wildman–Crippen LogP) is 4.59. The second kappa shape index (κ2) is 7.64. The molecule has 0 bridgehead atoms. The first kappa shape index (κ1) is 17.8. The smallest absolute Gasteiger partial charge is 0.173 e. The minimum atomic E-state index is 0.0289. The lowest BCUT2D eigenvalue weighted by Crippen LogP contribution is -2.36. The monoisotopic (exact) mass is 393 g/mol. The number of hydrogen-bond donors (Lipinski definition) is 0. The van der Waals surface area contributed by atoms with Crippen LogP contribution in [0.4, 0.5) is 0 Å². The van der Waals surface area contributed by atoms with Crippen LogP contribution in [0.25, 0.3) is 0 Å². The number of tetrazole rings is 1. The average Bonchev–Trinajstić information content (AvgIpc) is 3.41. The SMILES string of the molecule is Clc1ccc(C(c2nnnn2C2CCCC2)N2CCc3ccccc3C2)cc1. The van der Waals surface area contributed by atoms with Crippen molar-refractivity contribution in [3.8, 4) is 0 Å². The van der Waals surface area contributed by atoms with Gasteiger partial charge >= 0.3 is 0 Å². The average molecular weight is 394 g/mol. The molecule has 28 heavy (non-hydrogen) atoms. The number of halogens is 1. The Morgan fingerprint density at radius 2 is 1.71 bits per heavy atom. The van der Waals surface area contributed by atoms with Gasteiger partial charge in [0.05, 0.1) is 12.1 Å². The van der Waals surface area contributed by atoms with Gasteiger partial charge in [-0.15, -0.1) is 5.10 Å². The lowest BCUT2D eigenvalue weighted by atomic mass is 9.96. The molecule has 1 atom stereocenters. The highest BCUT2D eigenvalue weighted by molar-refractivity contribution is 6.30. The van der Waals surface area contributed by atoms with Gasteiger partial charge in [0.1, 0.15) is 0 Å². The summed E-state index contributed by atoms with van der Waals surface area (Å²) in [6, 6.07) is 17.3. The van der Waals surface area contributed by atoms with Crippen LogP contribution in [-0.2, 0) is 13.0 Å². The van der Waals surface area contributed by atoms with Gasteiger partial charge in [0, 0.05) is 18.1 Å². The molecule has 1 aromatic heterocycles. The van der Waals surface area contributed by atoms with Crippen LogP contribution in [0.15, 0.2) is 48.5 Å². The molecule has 6 heteroatoms. The van der Waals surface area contributed by atoms with Crippen molar-refractivity contribution in [3.63, 3.8) is 0 Å². The molecule has 0 spiro atoms. The molecule has 2 aromatic carbocycles. The molecule has 1 aliphatic heterocycles. The molecule has 3 aromatic rings. The molecule has 0 saturated heterocycles. The minimum absolute atomic E-state index is 0.0289. The maximum absolute atomic E-state index is 6.17. The number of fused-ring (bicyclic) bond motifs is 1. The van der Waals surface area contributed by atoms with E-state index >= 15 is 0 Å². The van der Waals surface area contributed by atoms with Gasteiger partial charge in [-0.3, -0.25) is 4.90 Å². The van der Waals surface area contributed by atoms with Crippen molar-refractivity contribution in [1.29, 1.82) is 0 Å². The zero-order chi connectivity index (χ0) is 18.9. The van der Waals surface area contributed by atoms with E-state index in [2.05, 4.69) is 61.5 Å². The second-order valence-corrected chi connectivity index (χ2v) is 8.30. The fourth-order valence-corrected chi connectivity index (χ4v) is 4.82. The van der Waals surface area contributed by atoms with Crippen LogP contribution in [0.2, 0.25) is 5.02 Å².